The number of rotatable bonds is 4. The van der Waals surface area contributed by atoms with E-state index in [1.807, 2.05) is 0 Å². The van der Waals surface area contributed by atoms with Crippen molar-refractivity contribution in [3.8, 4) is 22.5 Å². The van der Waals surface area contributed by atoms with Gasteiger partial charge in [0.25, 0.3) is 0 Å². The number of pyridine rings is 1. The summed E-state index contributed by atoms with van der Waals surface area (Å²) >= 11 is 0. The molecule has 2 unspecified atom stereocenters. The second-order valence-corrected chi connectivity index (χ2v) is 8.32. The molecule has 4 rings (SSSR count). The molecule has 1 aliphatic rings. The number of aliphatic hydroxyl groups excluding tert-OH is 1. The van der Waals surface area contributed by atoms with Gasteiger partial charge < -0.3 is 10.4 Å². The van der Waals surface area contributed by atoms with E-state index in [2.05, 4.69) is 10.3 Å². The number of halogens is 6. The van der Waals surface area contributed by atoms with Crippen molar-refractivity contribution in [1.82, 2.24) is 10.3 Å². The molecule has 1 saturated heterocycles. The summed E-state index contributed by atoms with van der Waals surface area (Å²) in [4.78, 5) is 4.49. The Morgan fingerprint density at radius 1 is 0.765 bits per heavy atom. The van der Waals surface area contributed by atoms with Crippen LogP contribution in [-0.2, 0) is 12.4 Å². The SMILES string of the molecule is OC(c1cc(-c2ccc(C(F)(F)F)cc2)nc(-c2ccc(C(F)(F)F)cc2)c1)C1CCCCN1. The lowest BCUT2D eigenvalue weighted by Crippen LogP contribution is -2.38. The molecule has 2 N–H and O–H groups in total. The molecule has 0 aliphatic carbocycles. The van der Waals surface area contributed by atoms with Gasteiger partial charge in [-0.2, -0.15) is 26.3 Å². The van der Waals surface area contributed by atoms with Crippen LogP contribution in [-0.4, -0.2) is 22.7 Å². The van der Waals surface area contributed by atoms with Gasteiger partial charge in [-0.25, -0.2) is 4.98 Å². The summed E-state index contributed by atoms with van der Waals surface area (Å²) in [6.07, 6.45) is -7.20. The molecule has 3 aromatic rings. The first-order valence-electron chi connectivity index (χ1n) is 10.8. The Kier molecular flexibility index (Phi) is 6.69. The topological polar surface area (TPSA) is 45.2 Å². The molecule has 0 bridgehead atoms. The molecule has 1 aliphatic heterocycles. The van der Waals surface area contributed by atoms with Gasteiger partial charge in [-0.3, -0.25) is 0 Å². The highest BCUT2D eigenvalue weighted by Gasteiger charge is 2.31. The number of alkyl halides is 6. The molecule has 2 aromatic carbocycles. The molecule has 34 heavy (non-hydrogen) atoms. The number of benzene rings is 2. The van der Waals surface area contributed by atoms with E-state index in [0.717, 1.165) is 50.1 Å². The van der Waals surface area contributed by atoms with Gasteiger partial charge in [0.05, 0.1) is 28.6 Å². The first-order valence-corrected chi connectivity index (χ1v) is 10.8. The summed E-state index contributed by atoms with van der Waals surface area (Å²) < 4.78 is 77.8. The molecule has 1 fully saturated rings. The fraction of sp³-hybridized carbons (Fsp3) is 0.320. The van der Waals surface area contributed by atoms with Gasteiger partial charge in [-0.05, 0) is 61.3 Å². The van der Waals surface area contributed by atoms with Gasteiger partial charge in [0.15, 0.2) is 0 Å². The number of aromatic nitrogens is 1. The van der Waals surface area contributed by atoms with Crippen LogP contribution >= 0.6 is 0 Å². The van der Waals surface area contributed by atoms with E-state index in [-0.39, 0.29) is 6.04 Å². The Morgan fingerprint density at radius 3 is 1.62 bits per heavy atom. The molecule has 180 valence electrons. The fourth-order valence-corrected chi connectivity index (χ4v) is 4.06. The average Bonchev–Trinajstić information content (AvgIpc) is 2.83. The molecule has 1 aromatic heterocycles. The molecule has 9 heteroatoms. The minimum atomic E-state index is -4.48. The highest BCUT2D eigenvalue weighted by molar-refractivity contribution is 5.68. The summed E-state index contributed by atoms with van der Waals surface area (Å²) in [6, 6.07) is 11.9. The lowest BCUT2D eigenvalue weighted by Gasteiger charge is -2.28. The second kappa shape index (κ2) is 9.38. The molecule has 2 heterocycles. The van der Waals surface area contributed by atoms with E-state index in [1.54, 1.807) is 12.1 Å². The van der Waals surface area contributed by atoms with Crippen LogP contribution in [0.4, 0.5) is 26.3 Å². The van der Waals surface area contributed by atoms with Crippen LogP contribution < -0.4 is 5.32 Å². The summed E-state index contributed by atoms with van der Waals surface area (Å²) in [7, 11) is 0. The van der Waals surface area contributed by atoms with Crippen LogP contribution in [0.1, 0.15) is 42.1 Å². The largest absolute Gasteiger partial charge is 0.416 e. The minimum Gasteiger partial charge on any atom is -0.387 e. The van der Waals surface area contributed by atoms with Crippen LogP contribution in [0.15, 0.2) is 60.7 Å². The number of nitrogens with one attached hydrogen (secondary N) is 1. The van der Waals surface area contributed by atoms with Crippen LogP contribution in [0.25, 0.3) is 22.5 Å². The lowest BCUT2D eigenvalue weighted by molar-refractivity contribution is -0.138. The first kappa shape index (κ1) is 24.2. The van der Waals surface area contributed by atoms with Crippen LogP contribution in [0.5, 0.6) is 0 Å². The number of nitrogens with zero attached hydrogens (tertiary/aromatic N) is 1. The van der Waals surface area contributed by atoms with Gasteiger partial charge in [-0.15, -0.1) is 0 Å². The van der Waals surface area contributed by atoms with Crippen LogP contribution in [0, 0.1) is 0 Å². The Labute approximate surface area is 192 Å². The van der Waals surface area contributed by atoms with Crippen LogP contribution in [0.3, 0.4) is 0 Å². The van der Waals surface area contributed by atoms with Crippen molar-refractivity contribution < 1.29 is 31.4 Å². The fourth-order valence-electron chi connectivity index (χ4n) is 4.06. The zero-order valence-corrected chi connectivity index (χ0v) is 17.9. The summed E-state index contributed by atoms with van der Waals surface area (Å²) in [6.45, 7) is 0.754. The van der Waals surface area contributed by atoms with Crippen molar-refractivity contribution >= 4 is 0 Å². The molecule has 0 saturated carbocycles. The molecule has 3 nitrogen and oxygen atoms in total. The summed E-state index contributed by atoms with van der Waals surface area (Å²) in [5.74, 6) is 0. The van der Waals surface area contributed by atoms with E-state index < -0.39 is 29.6 Å². The lowest BCUT2D eigenvalue weighted by atomic mass is 9.93. The van der Waals surface area contributed by atoms with Gasteiger partial charge in [0.2, 0.25) is 0 Å². The zero-order chi connectivity index (χ0) is 24.5. The maximum absolute atomic E-state index is 13.0. The predicted molar refractivity (Wildman–Crippen MR) is 116 cm³/mol. The Hall–Kier alpha value is -2.91. The Morgan fingerprint density at radius 2 is 1.24 bits per heavy atom. The highest BCUT2D eigenvalue weighted by Crippen LogP contribution is 2.35. The standard InChI is InChI=1S/C25H22F6N2O/c26-24(27,28)18-8-4-15(5-9-18)21-13-17(23(34)20-3-1-2-12-32-20)14-22(33-21)16-6-10-19(11-7-16)25(29,30)31/h4-11,13-14,20,23,32,34H,1-3,12H2. The zero-order valence-electron chi connectivity index (χ0n) is 17.9. The van der Waals surface area contributed by atoms with Gasteiger partial charge in [0, 0.05) is 17.2 Å². The second-order valence-electron chi connectivity index (χ2n) is 8.32. The molecule has 2 atom stereocenters. The smallest absolute Gasteiger partial charge is 0.387 e. The van der Waals surface area contributed by atoms with Crippen molar-refractivity contribution in [2.24, 2.45) is 0 Å². The Bertz CT molecular complexity index is 1040. The number of piperidine rings is 1. The molecule has 0 spiro atoms. The maximum Gasteiger partial charge on any atom is 0.416 e. The third-order valence-electron chi connectivity index (χ3n) is 5.93. The summed E-state index contributed by atoms with van der Waals surface area (Å²) in [5, 5.41) is 14.3. The number of hydrogen-bond donors (Lipinski definition) is 2. The van der Waals surface area contributed by atoms with Crippen molar-refractivity contribution in [2.75, 3.05) is 6.54 Å². The van der Waals surface area contributed by atoms with Crippen molar-refractivity contribution in [1.29, 1.82) is 0 Å². The highest BCUT2D eigenvalue weighted by atomic mass is 19.4. The van der Waals surface area contributed by atoms with Gasteiger partial charge >= 0.3 is 12.4 Å². The molecule has 0 amide bonds. The minimum absolute atomic E-state index is 0.211. The molecule has 0 radical (unpaired) electrons. The third kappa shape index (κ3) is 5.42. The number of hydrogen-bond acceptors (Lipinski definition) is 3. The van der Waals surface area contributed by atoms with Gasteiger partial charge in [0.1, 0.15) is 0 Å². The van der Waals surface area contributed by atoms with Crippen molar-refractivity contribution in [3.05, 3.63) is 77.4 Å². The molecular formula is C25H22F6N2O. The van der Waals surface area contributed by atoms with Gasteiger partial charge in [-0.1, -0.05) is 30.7 Å². The number of aliphatic hydroxyl groups is 1. The van der Waals surface area contributed by atoms with E-state index in [1.165, 1.54) is 24.3 Å². The summed E-state index contributed by atoms with van der Waals surface area (Å²) in [5.41, 5.74) is 0.299. The average molecular weight is 480 g/mol. The van der Waals surface area contributed by atoms with E-state index in [0.29, 0.717) is 28.1 Å². The van der Waals surface area contributed by atoms with E-state index in [9.17, 15) is 31.4 Å². The van der Waals surface area contributed by atoms with Crippen molar-refractivity contribution in [2.45, 2.75) is 43.8 Å². The van der Waals surface area contributed by atoms with Crippen LogP contribution in [0.2, 0.25) is 0 Å². The quantitative estimate of drug-likeness (QED) is 0.412. The van der Waals surface area contributed by atoms with Crippen molar-refractivity contribution in [3.63, 3.8) is 0 Å². The third-order valence-corrected chi connectivity index (χ3v) is 5.93. The molecular weight excluding hydrogens is 458 g/mol. The Balaban J connectivity index is 1.76. The maximum atomic E-state index is 13.0. The first-order chi connectivity index (χ1) is 16.0. The monoisotopic (exact) mass is 480 g/mol. The van der Waals surface area contributed by atoms with E-state index >= 15 is 0 Å². The van der Waals surface area contributed by atoms with E-state index in [4.69, 9.17) is 0 Å². The predicted octanol–water partition coefficient (Wildman–Crippen LogP) is 6.63. The normalized spacial score (nSPS) is 18.0.